The van der Waals surface area contributed by atoms with Gasteiger partial charge in [0.2, 0.25) is 0 Å². The van der Waals surface area contributed by atoms with Gasteiger partial charge in [-0.3, -0.25) is 4.79 Å². The van der Waals surface area contributed by atoms with Gasteiger partial charge in [-0.05, 0) is 18.2 Å². The number of ether oxygens (including phenoxy) is 1. The van der Waals surface area contributed by atoms with Crippen molar-refractivity contribution in [3.8, 4) is 0 Å². The molecule has 14 heavy (non-hydrogen) atoms. The molecule has 1 heterocycles. The molecule has 74 valence electrons. The number of carbonyl (C=O) groups excluding carboxylic acids is 1. The van der Waals surface area contributed by atoms with E-state index in [0.29, 0.717) is 12.2 Å². The van der Waals surface area contributed by atoms with E-state index in [1.54, 1.807) is 37.7 Å². The molecule has 1 rings (SSSR count). The van der Waals surface area contributed by atoms with Gasteiger partial charge in [-0.15, -0.1) is 0 Å². The van der Waals surface area contributed by atoms with Gasteiger partial charge in [0, 0.05) is 12.7 Å². The Kier molecular flexibility index (Phi) is 4.44. The minimum atomic E-state index is 0.325. The molecule has 0 unspecified atom stereocenters. The highest BCUT2D eigenvalue weighted by Crippen LogP contribution is 2.02. The Balaban J connectivity index is 2.55. The fraction of sp³-hybridized carbons (Fsp3) is 0.182. The van der Waals surface area contributed by atoms with E-state index >= 15 is 0 Å². The maximum absolute atomic E-state index is 10.5. The van der Waals surface area contributed by atoms with Crippen LogP contribution >= 0.6 is 0 Å². The molecule has 3 nitrogen and oxygen atoms in total. The van der Waals surface area contributed by atoms with Gasteiger partial charge in [-0.1, -0.05) is 12.2 Å². The van der Waals surface area contributed by atoms with Crippen molar-refractivity contribution in [2.75, 3.05) is 13.7 Å². The third kappa shape index (κ3) is 3.41. The zero-order valence-corrected chi connectivity index (χ0v) is 7.97. The molecular formula is C11H12O3. The van der Waals surface area contributed by atoms with Crippen LogP contribution < -0.4 is 0 Å². The van der Waals surface area contributed by atoms with Gasteiger partial charge < -0.3 is 9.15 Å². The van der Waals surface area contributed by atoms with Crippen molar-refractivity contribution < 1.29 is 13.9 Å². The third-order valence-electron chi connectivity index (χ3n) is 1.58. The molecule has 0 N–H and O–H groups in total. The van der Waals surface area contributed by atoms with Gasteiger partial charge in [0.05, 0.1) is 12.9 Å². The third-order valence-corrected chi connectivity index (χ3v) is 1.58. The zero-order chi connectivity index (χ0) is 10.2. The van der Waals surface area contributed by atoms with Gasteiger partial charge in [-0.25, -0.2) is 0 Å². The molecule has 0 spiro atoms. The molecule has 0 radical (unpaired) electrons. The van der Waals surface area contributed by atoms with Crippen molar-refractivity contribution in [2.45, 2.75) is 0 Å². The van der Waals surface area contributed by atoms with Crippen LogP contribution in [-0.4, -0.2) is 20.0 Å². The lowest BCUT2D eigenvalue weighted by atomic mass is 10.2. The largest absolute Gasteiger partial charge is 0.465 e. The first-order valence-corrected chi connectivity index (χ1v) is 4.21. The summed E-state index contributed by atoms with van der Waals surface area (Å²) in [6, 6.07) is 3.64. The number of rotatable bonds is 5. The standard InChI is InChI=1S/C11H12O3/c1-13-9-10(8-12)4-2-5-11-6-3-7-14-11/h2-8H,9H2,1H3/b5-2+,10-4-. The lowest BCUT2D eigenvalue weighted by Crippen LogP contribution is -1.94. The molecule has 0 aliphatic carbocycles. The Morgan fingerprint density at radius 3 is 3.07 bits per heavy atom. The van der Waals surface area contributed by atoms with Gasteiger partial charge in [0.1, 0.15) is 12.0 Å². The SMILES string of the molecule is COC/C(C=O)=C\C=C\c1ccco1. The van der Waals surface area contributed by atoms with Crippen molar-refractivity contribution in [1.29, 1.82) is 0 Å². The van der Waals surface area contributed by atoms with Crippen molar-refractivity contribution in [3.05, 3.63) is 41.9 Å². The lowest BCUT2D eigenvalue weighted by molar-refractivity contribution is -0.105. The molecule has 0 saturated heterocycles. The molecular weight excluding hydrogens is 180 g/mol. The Hall–Kier alpha value is -1.61. The molecule has 1 aromatic heterocycles. The van der Waals surface area contributed by atoms with E-state index in [1.165, 1.54) is 0 Å². The normalized spacial score (nSPS) is 12.2. The summed E-state index contributed by atoms with van der Waals surface area (Å²) in [7, 11) is 1.55. The smallest absolute Gasteiger partial charge is 0.148 e. The van der Waals surface area contributed by atoms with Crippen molar-refractivity contribution in [1.82, 2.24) is 0 Å². The zero-order valence-electron chi connectivity index (χ0n) is 7.97. The Labute approximate surface area is 82.7 Å². The van der Waals surface area contributed by atoms with Crippen molar-refractivity contribution in [3.63, 3.8) is 0 Å². The van der Waals surface area contributed by atoms with Crippen LogP contribution in [0, 0.1) is 0 Å². The first-order valence-electron chi connectivity index (χ1n) is 4.21. The fourth-order valence-corrected chi connectivity index (χ4v) is 0.941. The molecule has 1 aromatic rings. The Morgan fingerprint density at radius 1 is 1.64 bits per heavy atom. The lowest BCUT2D eigenvalue weighted by Gasteiger charge is -1.93. The molecule has 0 fully saturated rings. The average molecular weight is 192 g/mol. The molecule has 0 bridgehead atoms. The van der Waals surface area contributed by atoms with Crippen LogP contribution in [0.5, 0.6) is 0 Å². The highest BCUT2D eigenvalue weighted by Gasteiger charge is 1.91. The highest BCUT2D eigenvalue weighted by molar-refractivity contribution is 5.74. The van der Waals surface area contributed by atoms with E-state index in [2.05, 4.69) is 0 Å². The second kappa shape index (κ2) is 5.94. The van der Waals surface area contributed by atoms with Gasteiger partial charge >= 0.3 is 0 Å². The van der Waals surface area contributed by atoms with E-state index in [9.17, 15) is 4.79 Å². The highest BCUT2D eigenvalue weighted by atomic mass is 16.5. The topological polar surface area (TPSA) is 39.4 Å². The van der Waals surface area contributed by atoms with Crippen LogP contribution in [0.3, 0.4) is 0 Å². The second-order valence-corrected chi connectivity index (χ2v) is 2.67. The quantitative estimate of drug-likeness (QED) is 0.407. The number of hydrogen-bond acceptors (Lipinski definition) is 3. The Bertz CT molecular complexity index is 320. The summed E-state index contributed by atoms with van der Waals surface area (Å²) in [5.74, 6) is 0.754. The number of hydrogen-bond donors (Lipinski definition) is 0. The average Bonchev–Trinajstić information content (AvgIpc) is 2.69. The van der Waals surface area contributed by atoms with Crippen LogP contribution in [0.25, 0.3) is 6.08 Å². The maximum atomic E-state index is 10.5. The summed E-state index contributed by atoms with van der Waals surface area (Å²) in [5.41, 5.74) is 0.593. The van der Waals surface area contributed by atoms with E-state index < -0.39 is 0 Å². The number of carbonyl (C=O) groups is 1. The summed E-state index contributed by atoms with van der Waals surface area (Å²) in [6.45, 7) is 0.325. The molecule has 0 aromatic carbocycles. The first-order chi connectivity index (χ1) is 6.86. The van der Waals surface area contributed by atoms with Crippen LogP contribution in [0.2, 0.25) is 0 Å². The maximum Gasteiger partial charge on any atom is 0.148 e. The summed E-state index contributed by atoms with van der Waals surface area (Å²) < 4.78 is 9.90. The van der Waals surface area contributed by atoms with Gasteiger partial charge in [0.15, 0.2) is 0 Å². The molecule has 0 aliphatic heterocycles. The van der Waals surface area contributed by atoms with Crippen molar-refractivity contribution >= 4 is 12.4 Å². The number of furan rings is 1. The molecule has 0 atom stereocenters. The van der Waals surface area contributed by atoms with E-state index in [-0.39, 0.29) is 0 Å². The minimum Gasteiger partial charge on any atom is -0.465 e. The van der Waals surface area contributed by atoms with E-state index in [1.807, 2.05) is 6.07 Å². The van der Waals surface area contributed by atoms with Crippen LogP contribution in [0.15, 0.2) is 40.5 Å². The predicted molar refractivity (Wildman–Crippen MR) is 53.8 cm³/mol. The molecule has 0 amide bonds. The number of aldehydes is 1. The fourth-order valence-electron chi connectivity index (χ4n) is 0.941. The second-order valence-electron chi connectivity index (χ2n) is 2.67. The van der Waals surface area contributed by atoms with E-state index in [4.69, 9.17) is 9.15 Å². The van der Waals surface area contributed by atoms with Crippen LogP contribution in [0.4, 0.5) is 0 Å². The number of allylic oxidation sites excluding steroid dienone is 2. The summed E-state index contributed by atoms with van der Waals surface area (Å²) in [5, 5.41) is 0. The van der Waals surface area contributed by atoms with Crippen LogP contribution in [0.1, 0.15) is 5.76 Å². The monoisotopic (exact) mass is 192 g/mol. The number of methoxy groups -OCH3 is 1. The molecule has 0 saturated carbocycles. The first kappa shape index (κ1) is 10.5. The summed E-state index contributed by atoms with van der Waals surface area (Å²) in [6.07, 6.45) is 7.59. The summed E-state index contributed by atoms with van der Waals surface area (Å²) in [4.78, 5) is 10.5. The summed E-state index contributed by atoms with van der Waals surface area (Å²) >= 11 is 0. The Morgan fingerprint density at radius 2 is 2.50 bits per heavy atom. The van der Waals surface area contributed by atoms with E-state index in [0.717, 1.165) is 12.0 Å². The van der Waals surface area contributed by atoms with Crippen molar-refractivity contribution in [2.24, 2.45) is 0 Å². The molecule has 0 aliphatic rings. The predicted octanol–water partition coefficient (Wildman–Crippen LogP) is 2.06. The van der Waals surface area contributed by atoms with Gasteiger partial charge in [-0.2, -0.15) is 0 Å². The van der Waals surface area contributed by atoms with Gasteiger partial charge in [0.25, 0.3) is 0 Å². The van der Waals surface area contributed by atoms with Crippen LogP contribution in [-0.2, 0) is 9.53 Å². The molecule has 3 heteroatoms. The minimum absolute atomic E-state index is 0.325.